The summed E-state index contributed by atoms with van der Waals surface area (Å²) in [4.78, 5) is 19.2. The molecule has 0 aliphatic carbocycles. The van der Waals surface area contributed by atoms with E-state index in [1.54, 1.807) is 12.5 Å². The average molecular weight is 270 g/mol. The Morgan fingerprint density at radius 1 is 1.40 bits per heavy atom. The highest BCUT2D eigenvalue weighted by Gasteiger charge is 2.35. The minimum absolute atomic E-state index is 0.173. The lowest BCUT2D eigenvalue weighted by molar-refractivity contribution is 0.0439. The van der Waals surface area contributed by atoms with E-state index in [1.807, 2.05) is 12.1 Å². The van der Waals surface area contributed by atoms with E-state index in [0.717, 1.165) is 23.4 Å². The summed E-state index contributed by atoms with van der Waals surface area (Å²) in [6.07, 6.45) is 6.43. The van der Waals surface area contributed by atoms with E-state index in [-0.39, 0.29) is 5.78 Å². The van der Waals surface area contributed by atoms with Crippen molar-refractivity contribution in [3.63, 3.8) is 0 Å². The number of hydrogen-bond acceptors (Lipinski definition) is 4. The molecule has 2 bridgehead atoms. The van der Waals surface area contributed by atoms with Gasteiger partial charge in [0.1, 0.15) is 5.69 Å². The summed E-state index contributed by atoms with van der Waals surface area (Å²) in [6, 6.07) is 3.73. The number of ketones is 1. The van der Waals surface area contributed by atoms with Crippen molar-refractivity contribution in [1.29, 1.82) is 0 Å². The summed E-state index contributed by atoms with van der Waals surface area (Å²) in [7, 11) is 0. The van der Waals surface area contributed by atoms with Crippen LogP contribution in [0, 0.1) is 11.8 Å². The third-order valence-electron chi connectivity index (χ3n) is 4.87. The fourth-order valence-electron chi connectivity index (χ4n) is 3.68. The van der Waals surface area contributed by atoms with Crippen LogP contribution in [0.2, 0.25) is 0 Å². The van der Waals surface area contributed by atoms with Gasteiger partial charge in [-0.25, -0.2) is 4.98 Å². The molecule has 5 rings (SSSR count). The quantitative estimate of drug-likeness (QED) is 0.805. The van der Waals surface area contributed by atoms with Crippen LogP contribution in [0.4, 0.5) is 0 Å². The zero-order valence-electron chi connectivity index (χ0n) is 11.4. The summed E-state index contributed by atoms with van der Waals surface area (Å²) in [5.74, 6) is 1.43. The molecule has 2 aromatic rings. The number of furan rings is 1. The van der Waals surface area contributed by atoms with Crippen LogP contribution in [0.5, 0.6) is 0 Å². The Bertz CT molecular complexity index is 641. The van der Waals surface area contributed by atoms with Gasteiger partial charge >= 0.3 is 0 Å². The molecule has 0 aromatic carbocycles. The highest BCUT2D eigenvalue weighted by Crippen LogP contribution is 2.34. The van der Waals surface area contributed by atoms with Crippen LogP contribution < -0.4 is 0 Å². The minimum atomic E-state index is 0.173. The van der Waals surface area contributed by atoms with E-state index in [9.17, 15) is 4.79 Å². The summed E-state index contributed by atoms with van der Waals surface area (Å²) >= 11 is 0. The largest absolute Gasteiger partial charge is 0.463 e. The zero-order valence-corrected chi connectivity index (χ0v) is 11.4. The Balaban J connectivity index is 1.52. The van der Waals surface area contributed by atoms with Crippen LogP contribution in [0.3, 0.4) is 0 Å². The predicted octanol–water partition coefficient (Wildman–Crippen LogP) is 2.74. The number of fused-ring (bicyclic) bond motifs is 4. The van der Waals surface area contributed by atoms with Crippen LogP contribution in [0.25, 0.3) is 11.0 Å². The molecule has 3 aliphatic heterocycles. The molecule has 5 heterocycles. The summed E-state index contributed by atoms with van der Waals surface area (Å²) < 4.78 is 5.26. The predicted molar refractivity (Wildman–Crippen MR) is 75.6 cm³/mol. The van der Waals surface area contributed by atoms with Crippen molar-refractivity contribution in [3.8, 4) is 0 Å². The van der Waals surface area contributed by atoms with Gasteiger partial charge in [0.2, 0.25) is 0 Å². The second-order valence-corrected chi connectivity index (χ2v) is 6.05. The minimum Gasteiger partial charge on any atom is -0.463 e. The third kappa shape index (κ3) is 2.04. The van der Waals surface area contributed by atoms with Crippen molar-refractivity contribution in [2.75, 3.05) is 19.6 Å². The first-order chi connectivity index (χ1) is 9.79. The van der Waals surface area contributed by atoms with Gasteiger partial charge < -0.3 is 9.32 Å². The molecule has 3 fully saturated rings. The maximum Gasteiger partial charge on any atom is 0.181 e. The molecule has 104 valence electrons. The highest BCUT2D eigenvalue weighted by atomic mass is 16.3. The highest BCUT2D eigenvalue weighted by molar-refractivity contribution is 5.97. The van der Waals surface area contributed by atoms with Gasteiger partial charge in [0, 0.05) is 18.4 Å². The first-order valence-corrected chi connectivity index (χ1v) is 7.38. The second-order valence-electron chi connectivity index (χ2n) is 6.05. The monoisotopic (exact) mass is 270 g/mol. The first kappa shape index (κ1) is 12.1. The molecule has 2 aromatic heterocycles. The maximum atomic E-state index is 12.4. The summed E-state index contributed by atoms with van der Waals surface area (Å²) in [5.41, 5.74) is 1.32. The number of hydrogen-bond donors (Lipinski definition) is 0. The molecular formula is C16H18N2O2. The molecule has 0 radical (unpaired) electrons. The molecule has 0 saturated carbocycles. The van der Waals surface area contributed by atoms with Crippen LogP contribution in [0.1, 0.15) is 29.8 Å². The molecule has 0 spiro atoms. The third-order valence-corrected chi connectivity index (χ3v) is 4.87. The number of aromatic nitrogens is 1. The van der Waals surface area contributed by atoms with Gasteiger partial charge in [0.15, 0.2) is 11.4 Å². The fourth-order valence-corrected chi connectivity index (χ4v) is 3.68. The molecular weight excluding hydrogens is 252 g/mol. The average Bonchev–Trinajstić information content (AvgIpc) is 2.96. The maximum absolute atomic E-state index is 12.4. The van der Waals surface area contributed by atoms with E-state index in [1.165, 1.54) is 25.9 Å². The molecule has 4 heteroatoms. The summed E-state index contributed by atoms with van der Waals surface area (Å²) in [5, 5.41) is 0.956. The molecule has 3 saturated heterocycles. The van der Waals surface area contributed by atoms with Gasteiger partial charge in [0.05, 0.1) is 12.5 Å². The molecule has 4 nitrogen and oxygen atoms in total. The van der Waals surface area contributed by atoms with Crippen LogP contribution in [0.15, 0.2) is 29.0 Å². The van der Waals surface area contributed by atoms with E-state index >= 15 is 0 Å². The van der Waals surface area contributed by atoms with Crippen molar-refractivity contribution in [1.82, 2.24) is 9.88 Å². The number of nitrogens with zero attached hydrogens (tertiary/aromatic N) is 2. The van der Waals surface area contributed by atoms with Crippen LogP contribution in [-0.2, 0) is 0 Å². The van der Waals surface area contributed by atoms with E-state index < -0.39 is 0 Å². The van der Waals surface area contributed by atoms with E-state index in [0.29, 0.717) is 18.0 Å². The number of rotatable bonds is 3. The lowest BCUT2D eigenvalue weighted by Crippen LogP contribution is -2.47. The lowest BCUT2D eigenvalue weighted by atomic mass is 9.76. The van der Waals surface area contributed by atoms with Crippen LogP contribution in [-0.4, -0.2) is 35.3 Å². The Labute approximate surface area is 117 Å². The Hall–Kier alpha value is -1.68. The normalized spacial score (nSPS) is 28.9. The van der Waals surface area contributed by atoms with Crippen molar-refractivity contribution in [2.24, 2.45) is 11.8 Å². The topological polar surface area (TPSA) is 46.3 Å². The van der Waals surface area contributed by atoms with E-state index in [4.69, 9.17) is 4.42 Å². The molecule has 1 atom stereocenters. The second kappa shape index (κ2) is 4.70. The lowest BCUT2D eigenvalue weighted by Gasteiger charge is -2.44. The molecule has 20 heavy (non-hydrogen) atoms. The number of Topliss-reactive ketones (excluding diaryl/α,β-unsaturated/α-hetero) is 1. The number of pyridine rings is 1. The van der Waals surface area contributed by atoms with Gasteiger partial charge in [0.25, 0.3) is 0 Å². The van der Waals surface area contributed by atoms with Crippen molar-refractivity contribution in [3.05, 3.63) is 30.3 Å². The SMILES string of the molecule is O=C(C[C@H]1CN2CCC1CC2)c1cc2ccoc2cn1. The van der Waals surface area contributed by atoms with Gasteiger partial charge in [-0.3, -0.25) is 4.79 Å². The molecule has 3 aliphatic rings. The Morgan fingerprint density at radius 2 is 2.25 bits per heavy atom. The van der Waals surface area contributed by atoms with Gasteiger partial charge in [-0.1, -0.05) is 0 Å². The van der Waals surface area contributed by atoms with Gasteiger partial charge in [-0.05, 0) is 49.9 Å². The number of carbonyl (C=O) groups excluding carboxylic acids is 1. The summed E-state index contributed by atoms with van der Waals surface area (Å²) in [6.45, 7) is 3.52. The van der Waals surface area contributed by atoms with Gasteiger partial charge in [-0.15, -0.1) is 0 Å². The van der Waals surface area contributed by atoms with Gasteiger partial charge in [-0.2, -0.15) is 0 Å². The van der Waals surface area contributed by atoms with E-state index in [2.05, 4.69) is 9.88 Å². The zero-order chi connectivity index (χ0) is 13.5. The number of carbonyl (C=O) groups is 1. The van der Waals surface area contributed by atoms with Crippen LogP contribution >= 0.6 is 0 Å². The first-order valence-electron chi connectivity index (χ1n) is 7.38. The molecule has 0 N–H and O–H groups in total. The van der Waals surface area contributed by atoms with Crippen molar-refractivity contribution >= 4 is 16.8 Å². The van der Waals surface area contributed by atoms with Crippen molar-refractivity contribution in [2.45, 2.75) is 19.3 Å². The van der Waals surface area contributed by atoms with Crippen molar-refractivity contribution < 1.29 is 9.21 Å². The molecule has 0 unspecified atom stereocenters. The number of piperidine rings is 3. The Morgan fingerprint density at radius 3 is 3.00 bits per heavy atom. The smallest absolute Gasteiger partial charge is 0.181 e. The standard InChI is InChI=1S/C16H18N2O2/c19-15(8-13-10-18-4-1-11(13)2-5-18)14-7-12-3-6-20-16(12)9-17-14/h3,6-7,9,11,13H,1-2,4-5,8,10H2/t13-/m0/s1. The molecule has 0 amide bonds. The Kier molecular flexibility index (Phi) is 2.84. The fraction of sp³-hybridized carbons (Fsp3) is 0.500.